The monoisotopic (exact) mass is 263 g/mol. The van der Waals surface area contributed by atoms with E-state index in [0.29, 0.717) is 6.54 Å². The highest BCUT2D eigenvalue weighted by Crippen LogP contribution is 2.28. The lowest BCUT2D eigenvalue weighted by atomic mass is 9.93. The third-order valence-electron chi connectivity index (χ3n) is 3.35. The van der Waals surface area contributed by atoms with Crippen molar-refractivity contribution in [3.63, 3.8) is 0 Å². The van der Waals surface area contributed by atoms with Gasteiger partial charge in [0, 0.05) is 6.04 Å². The van der Waals surface area contributed by atoms with Gasteiger partial charge in [-0.25, -0.2) is 0 Å². The van der Waals surface area contributed by atoms with Crippen LogP contribution in [0.1, 0.15) is 58.3 Å². The molecule has 106 valence electrons. The molecular weight excluding hydrogens is 239 g/mol. The largest absolute Gasteiger partial charge is 0.390 e. The molecule has 4 heteroatoms. The van der Waals surface area contributed by atoms with Crippen LogP contribution in [0.25, 0.3) is 0 Å². The third-order valence-corrected chi connectivity index (χ3v) is 3.35. The Bertz CT molecular complexity index is 258. The van der Waals surface area contributed by atoms with Crippen LogP contribution in [0, 0.1) is 0 Å². The number of rotatable bonds is 5. The lowest BCUT2D eigenvalue weighted by Crippen LogP contribution is -2.36. The Balaban J connectivity index is 2.66. The molecule has 0 heterocycles. The second-order valence-corrected chi connectivity index (χ2v) is 5.06. The van der Waals surface area contributed by atoms with Crippen molar-refractivity contribution < 1.29 is 13.2 Å². The van der Waals surface area contributed by atoms with Gasteiger partial charge in [0.05, 0.1) is 6.42 Å². The third kappa shape index (κ3) is 6.43. The van der Waals surface area contributed by atoms with Crippen molar-refractivity contribution >= 4 is 0 Å². The first-order chi connectivity index (χ1) is 8.53. The van der Waals surface area contributed by atoms with E-state index in [4.69, 9.17) is 0 Å². The van der Waals surface area contributed by atoms with Gasteiger partial charge < -0.3 is 5.32 Å². The summed E-state index contributed by atoms with van der Waals surface area (Å²) in [5.41, 5.74) is 0.973. The summed E-state index contributed by atoms with van der Waals surface area (Å²) in [4.78, 5) is 0. The molecule has 0 radical (unpaired) electrons. The summed E-state index contributed by atoms with van der Waals surface area (Å²) in [6.07, 6.45) is 4.30. The fourth-order valence-electron chi connectivity index (χ4n) is 2.42. The van der Waals surface area contributed by atoms with Gasteiger partial charge in [-0.2, -0.15) is 13.2 Å². The van der Waals surface area contributed by atoms with Gasteiger partial charge in [0.1, 0.15) is 0 Å². The molecule has 0 fully saturated rings. The van der Waals surface area contributed by atoms with Crippen molar-refractivity contribution in [3.8, 4) is 0 Å². The molecule has 1 aliphatic rings. The van der Waals surface area contributed by atoms with Crippen LogP contribution < -0.4 is 5.32 Å². The molecule has 18 heavy (non-hydrogen) atoms. The summed E-state index contributed by atoms with van der Waals surface area (Å²) in [7, 11) is 0. The van der Waals surface area contributed by atoms with Crippen LogP contribution in [0.4, 0.5) is 13.2 Å². The van der Waals surface area contributed by atoms with E-state index in [-0.39, 0.29) is 0 Å². The Morgan fingerprint density at radius 1 is 1.22 bits per heavy atom. The van der Waals surface area contributed by atoms with Crippen LogP contribution in [0.15, 0.2) is 11.6 Å². The molecule has 0 saturated carbocycles. The Labute approximate surface area is 108 Å². The number of alkyl halides is 3. The van der Waals surface area contributed by atoms with E-state index in [1.54, 1.807) is 0 Å². The maximum Gasteiger partial charge on any atom is 0.390 e. The summed E-state index contributed by atoms with van der Waals surface area (Å²) < 4.78 is 37.8. The molecule has 0 spiro atoms. The first-order valence-corrected chi connectivity index (χ1v) is 7.02. The molecule has 0 aliphatic heterocycles. The van der Waals surface area contributed by atoms with Crippen LogP contribution in [0.5, 0.6) is 0 Å². The molecule has 1 nitrogen and oxygen atoms in total. The molecule has 0 amide bonds. The quantitative estimate of drug-likeness (QED) is 0.715. The van der Waals surface area contributed by atoms with Crippen LogP contribution in [0.3, 0.4) is 0 Å². The SMILES string of the molecule is CCCNC(CC(F)(F)F)C1=CCCCCCC1. The molecule has 1 aliphatic carbocycles. The highest BCUT2D eigenvalue weighted by atomic mass is 19.4. The van der Waals surface area contributed by atoms with E-state index < -0.39 is 18.6 Å². The van der Waals surface area contributed by atoms with Gasteiger partial charge in [-0.1, -0.05) is 31.4 Å². The van der Waals surface area contributed by atoms with Gasteiger partial charge in [0.25, 0.3) is 0 Å². The Kier molecular flexibility index (Phi) is 6.76. The van der Waals surface area contributed by atoms with E-state index in [0.717, 1.165) is 44.1 Å². The summed E-state index contributed by atoms with van der Waals surface area (Å²) >= 11 is 0. The minimum Gasteiger partial charge on any atom is -0.310 e. The maximum absolute atomic E-state index is 12.6. The molecular formula is C14H24F3N. The van der Waals surface area contributed by atoms with E-state index in [1.807, 2.05) is 13.0 Å². The van der Waals surface area contributed by atoms with Crippen LogP contribution in [-0.2, 0) is 0 Å². The fourth-order valence-corrected chi connectivity index (χ4v) is 2.42. The number of hydrogen-bond acceptors (Lipinski definition) is 1. The highest BCUT2D eigenvalue weighted by molar-refractivity contribution is 5.12. The molecule has 1 unspecified atom stereocenters. The van der Waals surface area contributed by atoms with Crippen molar-refractivity contribution in [3.05, 3.63) is 11.6 Å². The second-order valence-electron chi connectivity index (χ2n) is 5.06. The van der Waals surface area contributed by atoms with Gasteiger partial charge in [-0.15, -0.1) is 0 Å². The van der Waals surface area contributed by atoms with E-state index in [2.05, 4.69) is 5.32 Å². The summed E-state index contributed by atoms with van der Waals surface area (Å²) in [5.74, 6) is 0. The van der Waals surface area contributed by atoms with Gasteiger partial charge in [0.2, 0.25) is 0 Å². The van der Waals surface area contributed by atoms with Crippen molar-refractivity contribution in [2.24, 2.45) is 0 Å². The zero-order valence-corrected chi connectivity index (χ0v) is 11.2. The maximum atomic E-state index is 12.6. The number of hydrogen-bond donors (Lipinski definition) is 1. The van der Waals surface area contributed by atoms with Gasteiger partial charge >= 0.3 is 6.18 Å². The summed E-state index contributed by atoms with van der Waals surface area (Å²) in [5, 5.41) is 3.06. The zero-order valence-electron chi connectivity index (χ0n) is 11.2. The molecule has 0 aromatic heterocycles. The van der Waals surface area contributed by atoms with Crippen molar-refractivity contribution in [1.82, 2.24) is 5.32 Å². The number of nitrogens with one attached hydrogen (secondary N) is 1. The standard InChI is InChI=1S/C14H24F3N/c1-2-10-18-13(11-14(15,16)17)12-8-6-4-3-5-7-9-12/h8,13,18H,2-7,9-11H2,1H3. The minimum atomic E-state index is -4.09. The average Bonchev–Trinajstić information content (AvgIpc) is 2.22. The van der Waals surface area contributed by atoms with Crippen LogP contribution in [0.2, 0.25) is 0 Å². The van der Waals surface area contributed by atoms with Gasteiger partial charge in [-0.3, -0.25) is 0 Å². The van der Waals surface area contributed by atoms with Gasteiger partial charge in [-0.05, 0) is 38.6 Å². The topological polar surface area (TPSA) is 12.0 Å². The fraction of sp³-hybridized carbons (Fsp3) is 0.857. The molecule has 0 bridgehead atoms. The summed E-state index contributed by atoms with van der Waals surface area (Å²) in [6.45, 7) is 2.63. The molecule has 1 rings (SSSR count). The molecule has 1 N–H and O–H groups in total. The van der Waals surface area contributed by atoms with Crippen LogP contribution >= 0.6 is 0 Å². The predicted molar refractivity (Wildman–Crippen MR) is 68.5 cm³/mol. The van der Waals surface area contributed by atoms with E-state index in [1.165, 1.54) is 6.42 Å². The summed E-state index contributed by atoms with van der Waals surface area (Å²) in [6, 6.07) is -0.511. The smallest absolute Gasteiger partial charge is 0.310 e. The van der Waals surface area contributed by atoms with Crippen molar-refractivity contribution in [1.29, 1.82) is 0 Å². The van der Waals surface area contributed by atoms with Gasteiger partial charge in [0.15, 0.2) is 0 Å². The van der Waals surface area contributed by atoms with Crippen molar-refractivity contribution in [2.75, 3.05) is 6.54 Å². The Morgan fingerprint density at radius 3 is 2.61 bits per heavy atom. The molecule has 0 aromatic rings. The highest BCUT2D eigenvalue weighted by Gasteiger charge is 2.33. The predicted octanol–water partition coefficient (Wildman–Crippen LogP) is 4.59. The zero-order chi connectivity index (χ0) is 13.4. The van der Waals surface area contributed by atoms with Crippen LogP contribution in [-0.4, -0.2) is 18.8 Å². The van der Waals surface area contributed by atoms with E-state index in [9.17, 15) is 13.2 Å². The molecule has 0 aromatic carbocycles. The number of allylic oxidation sites excluding steroid dienone is 1. The second kappa shape index (κ2) is 7.82. The average molecular weight is 263 g/mol. The number of halogens is 3. The first-order valence-electron chi connectivity index (χ1n) is 7.02. The lowest BCUT2D eigenvalue weighted by Gasteiger charge is -2.24. The molecule has 0 saturated heterocycles. The molecule has 1 atom stereocenters. The normalized spacial score (nSPS) is 19.9. The Hall–Kier alpha value is -0.510. The van der Waals surface area contributed by atoms with Crippen molar-refractivity contribution in [2.45, 2.75) is 70.5 Å². The minimum absolute atomic E-state index is 0.511. The first kappa shape index (κ1) is 15.5. The van der Waals surface area contributed by atoms with E-state index >= 15 is 0 Å². The Morgan fingerprint density at radius 2 is 1.94 bits per heavy atom. The lowest BCUT2D eigenvalue weighted by molar-refractivity contribution is -0.138.